The molecule has 0 amide bonds. The van der Waals surface area contributed by atoms with E-state index in [0.29, 0.717) is 5.41 Å². The molecule has 0 bridgehead atoms. The Bertz CT molecular complexity index is 150. The van der Waals surface area contributed by atoms with E-state index in [1.54, 1.807) is 0 Å². The van der Waals surface area contributed by atoms with Crippen LogP contribution in [0.25, 0.3) is 0 Å². The average molecular weight is 215 g/mol. The number of nitrogens with one attached hydrogen (secondary N) is 1. The molecule has 3 nitrogen and oxygen atoms in total. The highest BCUT2D eigenvalue weighted by molar-refractivity contribution is 4.83. The van der Waals surface area contributed by atoms with Gasteiger partial charge in [0.05, 0.1) is 0 Å². The van der Waals surface area contributed by atoms with Crippen LogP contribution < -0.4 is 5.32 Å². The standard InChI is InChI=1S/C12H25NO2/c1-3-14-8-4-5-12(11-13-2)6-9-15-10-7-12/h13H,3-11H2,1-2H3. The molecule has 1 rings (SSSR count). The highest BCUT2D eigenvalue weighted by Crippen LogP contribution is 2.34. The summed E-state index contributed by atoms with van der Waals surface area (Å²) >= 11 is 0. The Labute approximate surface area is 93.5 Å². The molecule has 0 radical (unpaired) electrons. The third-order valence-electron chi connectivity index (χ3n) is 3.31. The second kappa shape index (κ2) is 7.20. The second-order valence-corrected chi connectivity index (χ2v) is 4.44. The van der Waals surface area contributed by atoms with E-state index in [4.69, 9.17) is 9.47 Å². The van der Waals surface area contributed by atoms with Crippen molar-refractivity contribution in [3.05, 3.63) is 0 Å². The molecule has 0 atom stereocenters. The quantitative estimate of drug-likeness (QED) is 0.657. The lowest BCUT2D eigenvalue weighted by atomic mass is 9.76. The molecule has 1 aliphatic heterocycles. The Hall–Kier alpha value is -0.120. The van der Waals surface area contributed by atoms with Crippen molar-refractivity contribution in [2.75, 3.05) is 40.0 Å². The number of hydrogen-bond acceptors (Lipinski definition) is 3. The summed E-state index contributed by atoms with van der Waals surface area (Å²) in [6, 6.07) is 0. The van der Waals surface area contributed by atoms with Crippen LogP contribution in [0.15, 0.2) is 0 Å². The SMILES string of the molecule is CCOCCCC1(CNC)CCOCC1. The molecule has 1 heterocycles. The summed E-state index contributed by atoms with van der Waals surface area (Å²) in [4.78, 5) is 0. The summed E-state index contributed by atoms with van der Waals surface area (Å²) < 4.78 is 10.8. The fourth-order valence-corrected chi connectivity index (χ4v) is 2.39. The van der Waals surface area contributed by atoms with Crippen LogP contribution in [-0.4, -0.2) is 40.0 Å². The van der Waals surface area contributed by atoms with Gasteiger partial charge in [0.2, 0.25) is 0 Å². The fraction of sp³-hybridized carbons (Fsp3) is 1.00. The molecule has 1 aliphatic rings. The molecule has 1 saturated heterocycles. The van der Waals surface area contributed by atoms with Crippen molar-refractivity contribution in [3.8, 4) is 0 Å². The van der Waals surface area contributed by atoms with Gasteiger partial charge >= 0.3 is 0 Å². The van der Waals surface area contributed by atoms with E-state index in [2.05, 4.69) is 12.2 Å². The van der Waals surface area contributed by atoms with Gasteiger partial charge in [0.15, 0.2) is 0 Å². The lowest BCUT2D eigenvalue weighted by molar-refractivity contribution is 0.00602. The zero-order chi connectivity index (χ0) is 11.0. The lowest BCUT2D eigenvalue weighted by Crippen LogP contribution is -2.38. The zero-order valence-corrected chi connectivity index (χ0v) is 10.2. The summed E-state index contributed by atoms with van der Waals surface area (Å²) in [5.74, 6) is 0. The van der Waals surface area contributed by atoms with Gasteiger partial charge in [0.1, 0.15) is 0 Å². The van der Waals surface area contributed by atoms with Gasteiger partial charge in [-0.2, -0.15) is 0 Å². The first-order valence-corrected chi connectivity index (χ1v) is 6.13. The van der Waals surface area contributed by atoms with Gasteiger partial charge in [-0.1, -0.05) is 0 Å². The number of hydrogen-bond donors (Lipinski definition) is 1. The highest BCUT2D eigenvalue weighted by Gasteiger charge is 2.31. The summed E-state index contributed by atoms with van der Waals surface area (Å²) in [6.07, 6.45) is 4.83. The molecule has 1 N–H and O–H groups in total. The largest absolute Gasteiger partial charge is 0.382 e. The average Bonchev–Trinajstić information content (AvgIpc) is 2.26. The maximum Gasteiger partial charge on any atom is 0.0471 e. The van der Waals surface area contributed by atoms with Crippen molar-refractivity contribution in [2.24, 2.45) is 5.41 Å². The minimum atomic E-state index is 0.462. The Kier molecular flexibility index (Phi) is 6.22. The highest BCUT2D eigenvalue weighted by atomic mass is 16.5. The van der Waals surface area contributed by atoms with Crippen LogP contribution in [0.4, 0.5) is 0 Å². The van der Waals surface area contributed by atoms with Crippen LogP contribution >= 0.6 is 0 Å². The van der Waals surface area contributed by atoms with E-state index in [1.165, 1.54) is 25.7 Å². The summed E-state index contributed by atoms with van der Waals surface area (Å²) in [5.41, 5.74) is 0.462. The van der Waals surface area contributed by atoms with E-state index < -0.39 is 0 Å². The van der Waals surface area contributed by atoms with E-state index in [9.17, 15) is 0 Å². The molecule has 0 aromatic heterocycles. The Morgan fingerprint density at radius 1 is 1.33 bits per heavy atom. The Morgan fingerprint density at radius 3 is 2.67 bits per heavy atom. The molecular weight excluding hydrogens is 190 g/mol. The van der Waals surface area contributed by atoms with Crippen molar-refractivity contribution in [1.82, 2.24) is 5.32 Å². The molecule has 0 unspecified atom stereocenters. The van der Waals surface area contributed by atoms with Gasteiger partial charge in [-0.15, -0.1) is 0 Å². The van der Waals surface area contributed by atoms with Gasteiger partial charge < -0.3 is 14.8 Å². The summed E-state index contributed by atoms with van der Waals surface area (Å²) in [6.45, 7) is 6.76. The normalized spacial score (nSPS) is 20.4. The van der Waals surface area contributed by atoms with Crippen molar-refractivity contribution in [2.45, 2.75) is 32.6 Å². The van der Waals surface area contributed by atoms with Crippen LogP contribution in [0, 0.1) is 5.41 Å². The van der Waals surface area contributed by atoms with Crippen LogP contribution in [0.1, 0.15) is 32.6 Å². The maximum absolute atomic E-state index is 5.44. The van der Waals surface area contributed by atoms with Crippen molar-refractivity contribution in [3.63, 3.8) is 0 Å². The van der Waals surface area contributed by atoms with E-state index in [-0.39, 0.29) is 0 Å². The van der Waals surface area contributed by atoms with Crippen molar-refractivity contribution >= 4 is 0 Å². The van der Waals surface area contributed by atoms with Crippen LogP contribution in [0.3, 0.4) is 0 Å². The van der Waals surface area contributed by atoms with Crippen LogP contribution in [0.2, 0.25) is 0 Å². The molecule has 0 aromatic rings. The maximum atomic E-state index is 5.44. The summed E-state index contributed by atoms with van der Waals surface area (Å²) in [5, 5.41) is 3.32. The first-order valence-electron chi connectivity index (χ1n) is 6.13. The minimum absolute atomic E-state index is 0.462. The first kappa shape index (κ1) is 12.9. The van der Waals surface area contributed by atoms with Crippen LogP contribution in [0.5, 0.6) is 0 Å². The fourth-order valence-electron chi connectivity index (χ4n) is 2.39. The third kappa shape index (κ3) is 4.49. The first-order chi connectivity index (χ1) is 7.33. The number of rotatable bonds is 7. The van der Waals surface area contributed by atoms with Gasteiger partial charge in [-0.05, 0) is 45.1 Å². The third-order valence-corrected chi connectivity index (χ3v) is 3.31. The molecule has 15 heavy (non-hydrogen) atoms. The molecule has 1 fully saturated rings. The zero-order valence-electron chi connectivity index (χ0n) is 10.2. The van der Waals surface area contributed by atoms with Gasteiger partial charge in [-0.3, -0.25) is 0 Å². The minimum Gasteiger partial charge on any atom is -0.382 e. The van der Waals surface area contributed by atoms with E-state index in [1.807, 2.05) is 7.05 Å². The lowest BCUT2D eigenvalue weighted by Gasteiger charge is -2.37. The van der Waals surface area contributed by atoms with Gasteiger partial charge in [0.25, 0.3) is 0 Å². The molecule has 3 heteroatoms. The Morgan fingerprint density at radius 2 is 2.07 bits per heavy atom. The molecule has 0 aromatic carbocycles. The van der Waals surface area contributed by atoms with Crippen molar-refractivity contribution < 1.29 is 9.47 Å². The molecule has 0 saturated carbocycles. The second-order valence-electron chi connectivity index (χ2n) is 4.44. The van der Waals surface area contributed by atoms with Crippen LogP contribution in [-0.2, 0) is 9.47 Å². The topological polar surface area (TPSA) is 30.5 Å². The van der Waals surface area contributed by atoms with Gasteiger partial charge in [0, 0.05) is 33.0 Å². The Balaban J connectivity index is 2.28. The molecule has 90 valence electrons. The number of ether oxygens (including phenoxy) is 2. The van der Waals surface area contributed by atoms with E-state index in [0.717, 1.165) is 33.0 Å². The predicted octanol–water partition coefficient (Wildman–Crippen LogP) is 1.82. The molecule has 0 aliphatic carbocycles. The monoisotopic (exact) mass is 215 g/mol. The van der Waals surface area contributed by atoms with Gasteiger partial charge in [-0.25, -0.2) is 0 Å². The van der Waals surface area contributed by atoms with Crippen molar-refractivity contribution in [1.29, 1.82) is 0 Å². The van der Waals surface area contributed by atoms with E-state index >= 15 is 0 Å². The molecule has 0 spiro atoms. The molecular formula is C12H25NO2. The predicted molar refractivity (Wildman–Crippen MR) is 62.1 cm³/mol. The summed E-state index contributed by atoms with van der Waals surface area (Å²) in [7, 11) is 2.04. The smallest absolute Gasteiger partial charge is 0.0471 e.